The number of benzene rings is 1. The van der Waals surface area contributed by atoms with Gasteiger partial charge < -0.3 is 15.2 Å². The summed E-state index contributed by atoms with van der Waals surface area (Å²) in [6.07, 6.45) is 3.72. The molecule has 0 bridgehead atoms. The number of hydrogen-bond donors (Lipinski definition) is 1. The van der Waals surface area contributed by atoms with Crippen LogP contribution in [-0.2, 0) is 20.7 Å². The second kappa shape index (κ2) is 4.22. The Balaban J connectivity index is 1.68. The molecule has 1 aromatic carbocycles. The fourth-order valence-electron chi connectivity index (χ4n) is 2.16. The maximum atomic E-state index is 11.2. The second-order valence-corrected chi connectivity index (χ2v) is 4.32. The van der Waals surface area contributed by atoms with Crippen molar-refractivity contribution in [1.82, 2.24) is 0 Å². The Morgan fingerprint density at radius 1 is 1.22 bits per heavy atom. The topological polar surface area (TPSA) is 61.6 Å². The molecule has 4 heteroatoms. The SMILES string of the molecule is NC(=O)C1C=CC2=C1OC(Cc1ccccc1)O2. The van der Waals surface area contributed by atoms with Crippen molar-refractivity contribution in [1.29, 1.82) is 0 Å². The molecule has 0 fully saturated rings. The number of carbonyl (C=O) groups excluding carboxylic acids is 1. The van der Waals surface area contributed by atoms with Crippen molar-refractivity contribution in [2.45, 2.75) is 12.7 Å². The molecule has 2 aliphatic rings. The Kier molecular flexibility index (Phi) is 2.55. The largest absolute Gasteiger partial charge is 0.454 e. The molecule has 1 aliphatic heterocycles. The van der Waals surface area contributed by atoms with Crippen molar-refractivity contribution in [2.75, 3.05) is 0 Å². The van der Waals surface area contributed by atoms with Crippen molar-refractivity contribution >= 4 is 5.91 Å². The van der Waals surface area contributed by atoms with Gasteiger partial charge in [0, 0.05) is 6.42 Å². The number of amides is 1. The van der Waals surface area contributed by atoms with Gasteiger partial charge in [0.1, 0.15) is 5.92 Å². The van der Waals surface area contributed by atoms with Crippen molar-refractivity contribution in [2.24, 2.45) is 11.7 Å². The average molecular weight is 243 g/mol. The van der Waals surface area contributed by atoms with E-state index >= 15 is 0 Å². The highest BCUT2D eigenvalue weighted by Gasteiger charge is 2.36. The first kappa shape index (κ1) is 10.9. The lowest BCUT2D eigenvalue weighted by Gasteiger charge is -2.14. The smallest absolute Gasteiger partial charge is 0.245 e. The summed E-state index contributed by atoms with van der Waals surface area (Å²) in [5.74, 6) is 0.268. The van der Waals surface area contributed by atoms with Gasteiger partial charge in [0.25, 0.3) is 0 Å². The zero-order valence-electron chi connectivity index (χ0n) is 9.71. The number of primary amides is 1. The highest BCUT2D eigenvalue weighted by atomic mass is 16.7. The predicted molar refractivity (Wildman–Crippen MR) is 65.0 cm³/mol. The van der Waals surface area contributed by atoms with E-state index in [1.165, 1.54) is 0 Å². The zero-order valence-corrected chi connectivity index (χ0v) is 9.71. The molecule has 92 valence electrons. The first-order valence-corrected chi connectivity index (χ1v) is 5.83. The summed E-state index contributed by atoms with van der Waals surface area (Å²) in [4.78, 5) is 11.2. The second-order valence-electron chi connectivity index (χ2n) is 4.32. The van der Waals surface area contributed by atoms with Gasteiger partial charge in [0.15, 0.2) is 11.5 Å². The summed E-state index contributed by atoms with van der Waals surface area (Å²) >= 11 is 0. The van der Waals surface area contributed by atoms with E-state index in [0.29, 0.717) is 17.9 Å². The van der Waals surface area contributed by atoms with Gasteiger partial charge in [0.2, 0.25) is 12.2 Å². The Morgan fingerprint density at radius 3 is 2.72 bits per heavy atom. The number of allylic oxidation sites excluding steroid dienone is 1. The van der Waals surface area contributed by atoms with Gasteiger partial charge >= 0.3 is 0 Å². The molecule has 18 heavy (non-hydrogen) atoms. The van der Waals surface area contributed by atoms with Crippen LogP contribution in [0.15, 0.2) is 54.0 Å². The van der Waals surface area contributed by atoms with Gasteiger partial charge in [-0.25, -0.2) is 0 Å². The van der Waals surface area contributed by atoms with Gasteiger partial charge in [-0.05, 0) is 11.6 Å². The summed E-state index contributed by atoms with van der Waals surface area (Å²) in [5.41, 5.74) is 6.42. The van der Waals surface area contributed by atoms with Crippen LogP contribution >= 0.6 is 0 Å². The minimum absolute atomic E-state index is 0.371. The van der Waals surface area contributed by atoms with Crippen LogP contribution in [-0.4, -0.2) is 12.2 Å². The lowest BCUT2D eigenvalue weighted by molar-refractivity contribution is -0.121. The summed E-state index contributed by atoms with van der Waals surface area (Å²) in [6.45, 7) is 0. The van der Waals surface area contributed by atoms with Crippen LogP contribution in [0, 0.1) is 5.92 Å². The maximum absolute atomic E-state index is 11.2. The van der Waals surface area contributed by atoms with E-state index in [9.17, 15) is 4.79 Å². The van der Waals surface area contributed by atoms with E-state index < -0.39 is 11.8 Å². The number of ether oxygens (including phenoxy) is 2. The molecule has 1 aliphatic carbocycles. The summed E-state index contributed by atoms with van der Waals surface area (Å²) in [7, 11) is 0. The molecule has 1 aromatic rings. The molecule has 0 spiro atoms. The van der Waals surface area contributed by atoms with Crippen molar-refractivity contribution in [3.63, 3.8) is 0 Å². The van der Waals surface area contributed by atoms with E-state index in [4.69, 9.17) is 15.2 Å². The quantitative estimate of drug-likeness (QED) is 0.874. The number of nitrogens with two attached hydrogens (primary N) is 1. The van der Waals surface area contributed by atoms with Crippen molar-refractivity contribution in [3.8, 4) is 0 Å². The standard InChI is InChI=1S/C14H13NO3/c15-14(16)10-6-7-11-13(10)18-12(17-11)8-9-4-2-1-3-5-9/h1-7,10,12H,8H2,(H2,15,16). The third-order valence-corrected chi connectivity index (χ3v) is 3.03. The average Bonchev–Trinajstić information content (AvgIpc) is 2.89. The van der Waals surface area contributed by atoms with Crippen LogP contribution in [0.4, 0.5) is 0 Å². The summed E-state index contributed by atoms with van der Waals surface area (Å²) < 4.78 is 11.3. The molecule has 0 radical (unpaired) electrons. The monoisotopic (exact) mass is 243 g/mol. The van der Waals surface area contributed by atoms with Crippen LogP contribution in [0.1, 0.15) is 5.56 Å². The molecule has 1 heterocycles. The minimum atomic E-state index is -0.485. The zero-order chi connectivity index (χ0) is 12.5. The summed E-state index contributed by atoms with van der Waals surface area (Å²) in [6, 6.07) is 9.92. The third-order valence-electron chi connectivity index (χ3n) is 3.03. The lowest BCUT2D eigenvalue weighted by atomic mass is 10.1. The van der Waals surface area contributed by atoms with Crippen molar-refractivity contribution in [3.05, 3.63) is 59.6 Å². The molecule has 0 saturated heterocycles. The third kappa shape index (κ3) is 1.86. The molecule has 2 unspecified atom stereocenters. The Labute approximate surface area is 105 Å². The van der Waals surface area contributed by atoms with E-state index in [1.807, 2.05) is 30.3 Å². The molecular weight excluding hydrogens is 230 g/mol. The number of carbonyl (C=O) groups is 1. The molecule has 0 aromatic heterocycles. The van der Waals surface area contributed by atoms with E-state index in [-0.39, 0.29) is 6.29 Å². The van der Waals surface area contributed by atoms with Gasteiger partial charge in [0.05, 0.1) is 0 Å². The van der Waals surface area contributed by atoms with E-state index in [0.717, 1.165) is 5.56 Å². The lowest BCUT2D eigenvalue weighted by Crippen LogP contribution is -2.24. The molecule has 3 rings (SSSR count). The Bertz CT molecular complexity index is 533. The normalized spacial score (nSPS) is 24.7. The van der Waals surface area contributed by atoms with Gasteiger partial charge in [-0.15, -0.1) is 0 Å². The van der Waals surface area contributed by atoms with Crippen LogP contribution in [0.5, 0.6) is 0 Å². The first-order chi connectivity index (χ1) is 8.74. The number of rotatable bonds is 3. The molecule has 4 nitrogen and oxygen atoms in total. The van der Waals surface area contributed by atoms with E-state index in [2.05, 4.69) is 0 Å². The molecule has 0 saturated carbocycles. The van der Waals surface area contributed by atoms with Crippen LogP contribution < -0.4 is 5.73 Å². The van der Waals surface area contributed by atoms with Crippen LogP contribution in [0.3, 0.4) is 0 Å². The molecule has 1 amide bonds. The van der Waals surface area contributed by atoms with Crippen LogP contribution in [0.2, 0.25) is 0 Å². The van der Waals surface area contributed by atoms with E-state index in [1.54, 1.807) is 12.2 Å². The van der Waals surface area contributed by atoms with Crippen LogP contribution in [0.25, 0.3) is 0 Å². The van der Waals surface area contributed by atoms with Crippen molar-refractivity contribution < 1.29 is 14.3 Å². The maximum Gasteiger partial charge on any atom is 0.245 e. The van der Waals surface area contributed by atoms with Gasteiger partial charge in [-0.3, -0.25) is 4.79 Å². The molecule has 2 atom stereocenters. The fourth-order valence-corrected chi connectivity index (χ4v) is 2.16. The molecular formula is C14H13NO3. The van der Waals surface area contributed by atoms with Gasteiger partial charge in [-0.2, -0.15) is 0 Å². The highest BCUT2D eigenvalue weighted by Crippen LogP contribution is 2.35. The highest BCUT2D eigenvalue weighted by molar-refractivity contribution is 5.82. The first-order valence-electron chi connectivity index (χ1n) is 5.83. The Morgan fingerprint density at radius 2 is 2.00 bits per heavy atom. The minimum Gasteiger partial charge on any atom is -0.454 e. The molecule has 2 N–H and O–H groups in total. The Hall–Kier alpha value is -2.23. The predicted octanol–water partition coefficient (Wildman–Crippen LogP) is 1.48. The van der Waals surface area contributed by atoms with Gasteiger partial charge in [-0.1, -0.05) is 36.4 Å². The summed E-state index contributed by atoms with van der Waals surface area (Å²) in [5, 5.41) is 0. The fraction of sp³-hybridized carbons (Fsp3) is 0.214. The number of hydrogen-bond acceptors (Lipinski definition) is 3.